The first kappa shape index (κ1) is 7.11. The molecule has 1 fully saturated rings. The van der Waals surface area contributed by atoms with Crippen LogP contribution in [0.2, 0.25) is 0 Å². The Kier molecular flexibility index (Phi) is 2.56. The molecule has 4 radical (unpaired) electrons. The molecule has 50 valence electrons. The zero-order chi connectivity index (χ0) is 6.69. The van der Waals surface area contributed by atoms with Crippen LogP contribution in [0.25, 0.3) is 0 Å². The lowest BCUT2D eigenvalue weighted by molar-refractivity contribution is 0.310. The van der Waals surface area contributed by atoms with E-state index in [1.165, 1.54) is 25.7 Å². The summed E-state index contributed by atoms with van der Waals surface area (Å²) in [4.78, 5) is 0. The maximum atomic E-state index is 5.71. The highest BCUT2D eigenvalue weighted by molar-refractivity contribution is 4.73. The van der Waals surface area contributed by atoms with Crippen LogP contribution in [-0.2, 0) is 0 Å². The van der Waals surface area contributed by atoms with Crippen molar-refractivity contribution >= 4 is 0 Å². The lowest BCUT2D eigenvalue weighted by Gasteiger charge is -2.24. The second kappa shape index (κ2) is 3.24. The van der Waals surface area contributed by atoms with E-state index in [1.807, 2.05) is 0 Å². The highest BCUT2D eigenvalue weighted by Gasteiger charge is 2.15. The van der Waals surface area contributed by atoms with Gasteiger partial charge in [0.1, 0.15) is 0 Å². The Hall–Kier alpha value is 0. The van der Waals surface area contributed by atoms with Gasteiger partial charge in [0.05, 0.1) is 0 Å². The molecule has 9 heavy (non-hydrogen) atoms. The minimum Gasteiger partial charge on any atom is -0.0502 e. The van der Waals surface area contributed by atoms with Crippen molar-refractivity contribution in [2.24, 2.45) is 11.8 Å². The molecule has 0 aromatic rings. The molecule has 0 bridgehead atoms. The molecular formula is C9H14. The van der Waals surface area contributed by atoms with Crippen molar-refractivity contribution in [2.45, 2.75) is 32.1 Å². The summed E-state index contributed by atoms with van der Waals surface area (Å²) in [6, 6.07) is 0. The van der Waals surface area contributed by atoms with Crippen LogP contribution in [0.15, 0.2) is 0 Å². The van der Waals surface area contributed by atoms with Crippen LogP contribution in [-0.4, -0.2) is 0 Å². The quantitative estimate of drug-likeness (QED) is 0.501. The standard InChI is InChI=1S/C9H14/c1-3-9-6-4-8(2)5-7-9/h1-2,8-9H,3-7H2. The van der Waals surface area contributed by atoms with Crippen LogP contribution in [0.5, 0.6) is 0 Å². The van der Waals surface area contributed by atoms with Crippen molar-refractivity contribution in [1.29, 1.82) is 0 Å². The maximum absolute atomic E-state index is 5.71. The van der Waals surface area contributed by atoms with Gasteiger partial charge < -0.3 is 0 Å². The molecule has 0 nitrogen and oxygen atoms in total. The van der Waals surface area contributed by atoms with Crippen LogP contribution in [0.4, 0.5) is 0 Å². The molecule has 0 aromatic carbocycles. The average molecular weight is 122 g/mol. The van der Waals surface area contributed by atoms with E-state index in [4.69, 9.17) is 13.8 Å². The van der Waals surface area contributed by atoms with Gasteiger partial charge in [0.2, 0.25) is 0 Å². The molecule has 0 atom stereocenters. The first-order valence-electron chi connectivity index (χ1n) is 3.78. The second-order valence-electron chi connectivity index (χ2n) is 3.02. The Morgan fingerprint density at radius 1 is 1.11 bits per heavy atom. The molecule has 0 aromatic heterocycles. The van der Waals surface area contributed by atoms with Gasteiger partial charge in [0, 0.05) is 0 Å². The predicted octanol–water partition coefficient (Wildman–Crippen LogP) is 2.61. The molecule has 0 aliphatic heterocycles. The third-order valence-electron chi connectivity index (χ3n) is 2.22. The number of rotatable bonds is 1. The summed E-state index contributed by atoms with van der Waals surface area (Å²) < 4.78 is 0. The van der Waals surface area contributed by atoms with Crippen molar-refractivity contribution < 1.29 is 0 Å². The van der Waals surface area contributed by atoms with Gasteiger partial charge in [-0.3, -0.25) is 0 Å². The van der Waals surface area contributed by atoms with E-state index in [9.17, 15) is 0 Å². The molecule has 0 N–H and O–H groups in total. The Labute approximate surface area is 58.7 Å². The lowest BCUT2D eigenvalue weighted by atomic mass is 9.82. The van der Waals surface area contributed by atoms with E-state index in [-0.39, 0.29) is 0 Å². The molecule has 1 saturated carbocycles. The van der Waals surface area contributed by atoms with Gasteiger partial charge in [-0.05, 0) is 44.9 Å². The molecule has 0 heterocycles. The Bertz CT molecular complexity index is 68.1. The summed E-state index contributed by atoms with van der Waals surface area (Å²) in [5.41, 5.74) is 0. The van der Waals surface area contributed by atoms with E-state index in [1.54, 1.807) is 0 Å². The zero-order valence-electron chi connectivity index (χ0n) is 5.84. The molecule has 1 aliphatic carbocycles. The average Bonchev–Trinajstić information content (AvgIpc) is 1.90. The maximum Gasteiger partial charge on any atom is -0.0318 e. The summed E-state index contributed by atoms with van der Waals surface area (Å²) in [5, 5.41) is 0. The van der Waals surface area contributed by atoms with E-state index < -0.39 is 0 Å². The topological polar surface area (TPSA) is 0 Å². The minimum atomic E-state index is 0.466. The van der Waals surface area contributed by atoms with Gasteiger partial charge in [-0.1, -0.05) is 12.8 Å². The third kappa shape index (κ3) is 2.00. The van der Waals surface area contributed by atoms with E-state index in [2.05, 4.69) is 0 Å². The van der Waals surface area contributed by atoms with Gasteiger partial charge in [-0.15, -0.1) is 0 Å². The van der Waals surface area contributed by atoms with Crippen molar-refractivity contribution in [1.82, 2.24) is 0 Å². The van der Waals surface area contributed by atoms with Gasteiger partial charge in [0.25, 0.3) is 0 Å². The van der Waals surface area contributed by atoms with Crippen LogP contribution < -0.4 is 0 Å². The molecule has 1 rings (SSSR count). The normalized spacial score (nSPS) is 36.7. The first-order chi connectivity index (χ1) is 4.33. The summed E-state index contributed by atoms with van der Waals surface area (Å²) in [6.07, 6.45) is 5.71. The van der Waals surface area contributed by atoms with Gasteiger partial charge in [-0.2, -0.15) is 0 Å². The van der Waals surface area contributed by atoms with E-state index >= 15 is 0 Å². The number of hydrogen-bond donors (Lipinski definition) is 0. The monoisotopic (exact) mass is 122 g/mol. The lowest BCUT2D eigenvalue weighted by Crippen LogP contribution is -2.11. The van der Waals surface area contributed by atoms with Crippen LogP contribution in [0.1, 0.15) is 32.1 Å². The Balaban J connectivity index is 2.18. The first-order valence-corrected chi connectivity index (χ1v) is 3.78. The predicted molar refractivity (Wildman–Crippen MR) is 38.7 cm³/mol. The fourth-order valence-corrected chi connectivity index (χ4v) is 1.42. The van der Waals surface area contributed by atoms with Crippen LogP contribution in [0.3, 0.4) is 0 Å². The summed E-state index contributed by atoms with van der Waals surface area (Å²) in [6.45, 7) is 11.2. The van der Waals surface area contributed by atoms with Crippen LogP contribution >= 0.6 is 0 Å². The summed E-state index contributed by atoms with van der Waals surface area (Å²) in [7, 11) is 0. The van der Waals surface area contributed by atoms with E-state index in [0.29, 0.717) is 5.92 Å². The molecule has 0 saturated heterocycles. The van der Waals surface area contributed by atoms with Crippen molar-refractivity contribution in [2.75, 3.05) is 0 Å². The second-order valence-corrected chi connectivity index (χ2v) is 3.02. The molecule has 0 spiro atoms. The SMILES string of the molecule is [CH]CC1CCC([CH])CC1. The van der Waals surface area contributed by atoms with E-state index in [0.717, 1.165) is 12.3 Å². The van der Waals surface area contributed by atoms with Gasteiger partial charge in [-0.25, -0.2) is 0 Å². The molecule has 0 heteroatoms. The third-order valence-corrected chi connectivity index (χ3v) is 2.22. The minimum absolute atomic E-state index is 0.466. The smallest absolute Gasteiger partial charge is 0.0318 e. The molecule has 0 amide bonds. The fraction of sp³-hybridized carbons (Fsp3) is 0.778. The van der Waals surface area contributed by atoms with Gasteiger partial charge >= 0.3 is 0 Å². The Morgan fingerprint density at radius 2 is 1.67 bits per heavy atom. The number of hydrogen-bond acceptors (Lipinski definition) is 0. The largest absolute Gasteiger partial charge is 0.0502 e. The summed E-state index contributed by atoms with van der Waals surface area (Å²) in [5.74, 6) is 1.23. The summed E-state index contributed by atoms with van der Waals surface area (Å²) >= 11 is 0. The molecular weight excluding hydrogens is 108 g/mol. The highest BCUT2D eigenvalue weighted by atomic mass is 14.2. The fourth-order valence-electron chi connectivity index (χ4n) is 1.42. The van der Waals surface area contributed by atoms with Crippen molar-refractivity contribution in [3.05, 3.63) is 13.8 Å². The van der Waals surface area contributed by atoms with Gasteiger partial charge in [0.15, 0.2) is 0 Å². The molecule has 0 unspecified atom stereocenters. The molecule has 1 aliphatic rings. The highest BCUT2D eigenvalue weighted by Crippen LogP contribution is 2.29. The van der Waals surface area contributed by atoms with Crippen molar-refractivity contribution in [3.63, 3.8) is 0 Å². The van der Waals surface area contributed by atoms with Crippen molar-refractivity contribution in [3.8, 4) is 0 Å². The zero-order valence-corrected chi connectivity index (χ0v) is 5.84. The van der Waals surface area contributed by atoms with Crippen LogP contribution in [0, 0.1) is 25.7 Å². The Morgan fingerprint density at radius 3 is 2.11 bits per heavy atom.